The lowest BCUT2D eigenvalue weighted by Gasteiger charge is -2.35. The third-order valence-electron chi connectivity index (χ3n) is 6.61. The van der Waals surface area contributed by atoms with Gasteiger partial charge >= 0.3 is 0 Å². The van der Waals surface area contributed by atoms with Crippen LogP contribution < -0.4 is 10.1 Å². The smallest absolute Gasteiger partial charge is 0.228 e. The van der Waals surface area contributed by atoms with Crippen LogP contribution in [0, 0.1) is 5.92 Å². The van der Waals surface area contributed by atoms with E-state index in [1.165, 1.54) is 5.56 Å². The second-order valence-corrected chi connectivity index (χ2v) is 8.91. The summed E-state index contributed by atoms with van der Waals surface area (Å²) in [4.78, 5) is 15.9. The Labute approximate surface area is 203 Å². The van der Waals surface area contributed by atoms with E-state index in [2.05, 4.69) is 52.7 Å². The topological polar surface area (TPSA) is 41.6 Å². The second-order valence-electron chi connectivity index (χ2n) is 8.91. The van der Waals surface area contributed by atoms with Crippen molar-refractivity contribution in [2.24, 2.45) is 5.92 Å². The van der Waals surface area contributed by atoms with Gasteiger partial charge in [0.05, 0.1) is 13.0 Å². The average Bonchev–Trinajstić information content (AvgIpc) is 2.89. The first-order valence-electron chi connectivity index (χ1n) is 12.1. The van der Waals surface area contributed by atoms with Gasteiger partial charge in [-0.05, 0) is 60.7 Å². The van der Waals surface area contributed by atoms with Crippen molar-refractivity contribution in [1.82, 2.24) is 10.2 Å². The Kier molecular flexibility index (Phi) is 8.53. The number of likely N-dealkylation sites (tertiary alicyclic amines) is 1. The van der Waals surface area contributed by atoms with Crippen LogP contribution in [-0.2, 0) is 11.3 Å². The molecule has 1 atom stereocenters. The molecule has 3 aromatic carbocycles. The van der Waals surface area contributed by atoms with E-state index in [9.17, 15) is 4.79 Å². The van der Waals surface area contributed by atoms with Gasteiger partial charge in [-0.15, -0.1) is 0 Å². The number of benzene rings is 3. The fraction of sp³-hybridized carbons (Fsp3) is 0.300. The van der Waals surface area contributed by atoms with Gasteiger partial charge < -0.3 is 10.1 Å². The van der Waals surface area contributed by atoms with E-state index in [0.717, 1.165) is 49.4 Å². The number of rotatable bonds is 9. The molecule has 1 N–H and O–H groups in total. The maximum atomic E-state index is 13.4. The van der Waals surface area contributed by atoms with Crippen LogP contribution in [0.2, 0.25) is 0 Å². The van der Waals surface area contributed by atoms with Gasteiger partial charge in [0.25, 0.3) is 0 Å². The van der Waals surface area contributed by atoms with Crippen LogP contribution >= 0.6 is 0 Å². The highest BCUT2D eigenvalue weighted by atomic mass is 16.5. The van der Waals surface area contributed by atoms with Crippen molar-refractivity contribution in [3.8, 4) is 5.75 Å². The molecule has 3 aromatic rings. The molecule has 1 saturated heterocycles. The van der Waals surface area contributed by atoms with Gasteiger partial charge in [0.15, 0.2) is 0 Å². The second kappa shape index (κ2) is 12.2. The molecule has 1 aliphatic rings. The number of hydrogen-bond donors (Lipinski definition) is 1. The summed E-state index contributed by atoms with van der Waals surface area (Å²) >= 11 is 0. The number of nitrogens with one attached hydrogen (secondary N) is 1. The van der Waals surface area contributed by atoms with Crippen LogP contribution in [0.1, 0.15) is 35.4 Å². The largest absolute Gasteiger partial charge is 0.497 e. The monoisotopic (exact) mass is 454 g/mol. The zero-order chi connectivity index (χ0) is 23.6. The fourth-order valence-corrected chi connectivity index (χ4v) is 4.76. The maximum Gasteiger partial charge on any atom is 0.228 e. The molecule has 0 spiro atoms. The predicted octanol–water partition coefficient (Wildman–Crippen LogP) is 5.52. The molecular formula is C30H34N2O2. The molecule has 4 nitrogen and oxygen atoms in total. The van der Waals surface area contributed by atoms with E-state index in [-0.39, 0.29) is 11.8 Å². The van der Waals surface area contributed by atoms with Crippen LogP contribution in [0.3, 0.4) is 0 Å². The number of nitrogens with zero attached hydrogens (tertiary/aromatic N) is 1. The Morgan fingerprint density at radius 2 is 1.62 bits per heavy atom. The van der Waals surface area contributed by atoms with Crippen LogP contribution in [-0.4, -0.2) is 37.6 Å². The molecule has 0 saturated carbocycles. The maximum absolute atomic E-state index is 13.4. The van der Waals surface area contributed by atoms with Gasteiger partial charge in [-0.3, -0.25) is 9.69 Å². The Hall–Kier alpha value is -3.37. The number of hydrogen-bond acceptors (Lipinski definition) is 3. The van der Waals surface area contributed by atoms with Gasteiger partial charge in [-0.25, -0.2) is 0 Å². The molecule has 1 amide bonds. The summed E-state index contributed by atoms with van der Waals surface area (Å²) in [6, 6.07) is 28.8. The normalized spacial score (nSPS) is 15.8. The molecule has 0 radical (unpaired) electrons. The number of ether oxygens (including phenoxy) is 1. The lowest BCUT2D eigenvalue weighted by molar-refractivity contribution is -0.124. The van der Waals surface area contributed by atoms with Gasteiger partial charge in [0, 0.05) is 13.1 Å². The first-order chi connectivity index (χ1) is 16.7. The molecule has 1 aliphatic heterocycles. The van der Waals surface area contributed by atoms with Gasteiger partial charge in [0.2, 0.25) is 5.91 Å². The zero-order valence-corrected chi connectivity index (χ0v) is 19.9. The zero-order valence-electron chi connectivity index (χ0n) is 19.9. The lowest BCUT2D eigenvalue weighted by atomic mass is 9.79. The third kappa shape index (κ3) is 6.58. The Morgan fingerprint density at radius 1 is 0.971 bits per heavy atom. The molecule has 176 valence electrons. The highest BCUT2D eigenvalue weighted by Crippen LogP contribution is 2.34. The van der Waals surface area contributed by atoms with Crippen molar-refractivity contribution in [1.29, 1.82) is 0 Å². The Balaban J connectivity index is 1.40. The number of methoxy groups -OCH3 is 1. The first kappa shape index (κ1) is 23.8. The van der Waals surface area contributed by atoms with Gasteiger partial charge in [-0.1, -0.05) is 84.9 Å². The summed E-state index contributed by atoms with van der Waals surface area (Å²) in [7, 11) is 1.67. The summed E-state index contributed by atoms with van der Waals surface area (Å²) in [6.45, 7) is 3.51. The summed E-state index contributed by atoms with van der Waals surface area (Å²) in [6.07, 6.45) is 6.08. The van der Waals surface area contributed by atoms with Crippen LogP contribution in [0.4, 0.5) is 0 Å². The summed E-state index contributed by atoms with van der Waals surface area (Å²) in [5.41, 5.74) is 3.54. The minimum Gasteiger partial charge on any atom is -0.497 e. The van der Waals surface area contributed by atoms with E-state index in [0.29, 0.717) is 12.5 Å². The van der Waals surface area contributed by atoms with Crippen LogP contribution in [0.25, 0.3) is 6.08 Å². The van der Waals surface area contributed by atoms with Gasteiger partial charge in [-0.2, -0.15) is 0 Å². The van der Waals surface area contributed by atoms with Crippen molar-refractivity contribution in [3.63, 3.8) is 0 Å². The van der Waals surface area contributed by atoms with Crippen molar-refractivity contribution < 1.29 is 9.53 Å². The molecule has 4 heteroatoms. The van der Waals surface area contributed by atoms with Crippen LogP contribution in [0.5, 0.6) is 5.75 Å². The van der Waals surface area contributed by atoms with E-state index >= 15 is 0 Å². The van der Waals surface area contributed by atoms with Crippen molar-refractivity contribution >= 4 is 12.0 Å². The molecule has 1 fully saturated rings. The van der Waals surface area contributed by atoms with Crippen molar-refractivity contribution in [3.05, 3.63) is 108 Å². The number of piperidine rings is 1. The molecule has 4 rings (SSSR count). The summed E-state index contributed by atoms with van der Waals surface area (Å²) in [5.74, 6) is 1.07. The number of carbonyl (C=O) groups is 1. The summed E-state index contributed by atoms with van der Waals surface area (Å²) in [5, 5.41) is 3.16. The van der Waals surface area contributed by atoms with E-state index in [1.54, 1.807) is 7.11 Å². The van der Waals surface area contributed by atoms with E-state index in [4.69, 9.17) is 4.74 Å². The average molecular weight is 455 g/mol. The quantitative estimate of drug-likeness (QED) is 0.463. The standard InChI is InChI=1S/C30H34N2O2/c1-34-28-16-14-26(15-17-28)29(30(33)31-20-8-13-24-9-4-2-5-10-24)27-18-21-32(22-19-27)23-25-11-6-3-7-12-25/h2-17,27,29H,18-23H2,1H3,(H,31,33). The minimum absolute atomic E-state index is 0.101. The van der Waals surface area contributed by atoms with E-state index < -0.39 is 0 Å². The summed E-state index contributed by atoms with van der Waals surface area (Å²) < 4.78 is 5.33. The van der Waals surface area contributed by atoms with Crippen molar-refractivity contribution in [2.45, 2.75) is 25.3 Å². The first-order valence-corrected chi connectivity index (χ1v) is 12.1. The minimum atomic E-state index is -0.157. The highest BCUT2D eigenvalue weighted by molar-refractivity contribution is 5.84. The predicted molar refractivity (Wildman–Crippen MR) is 139 cm³/mol. The number of carbonyl (C=O) groups excluding carboxylic acids is 1. The number of amides is 1. The lowest BCUT2D eigenvalue weighted by Crippen LogP contribution is -2.40. The van der Waals surface area contributed by atoms with Crippen molar-refractivity contribution in [2.75, 3.05) is 26.7 Å². The molecule has 0 aliphatic carbocycles. The molecule has 34 heavy (non-hydrogen) atoms. The molecule has 1 unspecified atom stereocenters. The molecule has 1 heterocycles. The third-order valence-corrected chi connectivity index (χ3v) is 6.61. The Morgan fingerprint density at radius 3 is 2.26 bits per heavy atom. The molecular weight excluding hydrogens is 420 g/mol. The van der Waals surface area contributed by atoms with Crippen LogP contribution in [0.15, 0.2) is 91.0 Å². The SMILES string of the molecule is COc1ccc(C(C(=O)NCC=Cc2ccccc2)C2CCN(Cc3ccccc3)CC2)cc1. The highest BCUT2D eigenvalue weighted by Gasteiger charge is 2.32. The fourth-order valence-electron chi connectivity index (χ4n) is 4.76. The molecule has 0 bridgehead atoms. The Bertz CT molecular complexity index is 1040. The molecule has 0 aromatic heterocycles. The van der Waals surface area contributed by atoms with E-state index in [1.807, 2.05) is 54.6 Å². The van der Waals surface area contributed by atoms with Gasteiger partial charge in [0.1, 0.15) is 5.75 Å².